The van der Waals surface area contributed by atoms with Crippen LogP contribution in [0.5, 0.6) is 0 Å². The molecular weight excluding hydrogens is 296 g/mol. The van der Waals surface area contributed by atoms with Gasteiger partial charge in [-0.3, -0.25) is 9.59 Å². The van der Waals surface area contributed by atoms with E-state index in [9.17, 15) is 9.59 Å². The van der Waals surface area contributed by atoms with Gasteiger partial charge in [0, 0.05) is 17.5 Å². The first kappa shape index (κ1) is 16.4. The molecule has 0 unspecified atom stereocenters. The molecule has 0 aliphatic heterocycles. The second-order valence-corrected chi connectivity index (χ2v) is 6.62. The molecule has 2 nitrogen and oxygen atoms in total. The Labute approximate surface area is 143 Å². The number of carbonyl (C=O) groups is 2. The summed E-state index contributed by atoms with van der Waals surface area (Å²) >= 11 is 0. The van der Waals surface area contributed by atoms with Crippen LogP contribution in [0, 0.1) is 19.8 Å². The minimum atomic E-state index is 0.0348. The Bertz CT molecular complexity index is 780. The lowest BCUT2D eigenvalue weighted by atomic mass is 9.88. The molecule has 0 amide bonds. The maximum absolute atomic E-state index is 12.8. The first-order valence-electron chi connectivity index (χ1n) is 8.46. The number of aryl methyl sites for hydroxylation is 2. The van der Waals surface area contributed by atoms with Crippen molar-refractivity contribution in [3.8, 4) is 0 Å². The molecule has 24 heavy (non-hydrogen) atoms. The third-order valence-electron chi connectivity index (χ3n) is 4.70. The van der Waals surface area contributed by atoms with Crippen LogP contribution in [0.15, 0.2) is 60.2 Å². The Balaban J connectivity index is 1.73. The van der Waals surface area contributed by atoms with E-state index in [1.807, 2.05) is 68.5 Å². The van der Waals surface area contributed by atoms with Crippen molar-refractivity contribution in [1.82, 2.24) is 0 Å². The second kappa shape index (κ2) is 6.96. The van der Waals surface area contributed by atoms with Crippen LogP contribution in [0.1, 0.15) is 51.1 Å². The number of hydrogen-bond donors (Lipinski definition) is 0. The molecule has 0 spiro atoms. The molecule has 0 saturated heterocycles. The normalized spacial score (nSPS) is 16.8. The number of ketones is 2. The molecule has 0 bridgehead atoms. The van der Waals surface area contributed by atoms with Crippen molar-refractivity contribution in [2.75, 3.05) is 0 Å². The molecule has 122 valence electrons. The van der Waals surface area contributed by atoms with Crippen LogP contribution in [0.3, 0.4) is 0 Å². The first-order valence-corrected chi connectivity index (χ1v) is 8.46. The van der Waals surface area contributed by atoms with Gasteiger partial charge in [-0.2, -0.15) is 0 Å². The molecule has 1 atom stereocenters. The van der Waals surface area contributed by atoms with E-state index in [0.717, 1.165) is 35.1 Å². The topological polar surface area (TPSA) is 34.1 Å². The average molecular weight is 318 g/mol. The quantitative estimate of drug-likeness (QED) is 0.719. The highest BCUT2D eigenvalue weighted by Crippen LogP contribution is 2.32. The van der Waals surface area contributed by atoms with Gasteiger partial charge in [0.1, 0.15) is 0 Å². The van der Waals surface area contributed by atoms with E-state index in [1.54, 1.807) is 0 Å². The molecule has 2 aromatic rings. The van der Waals surface area contributed by atoms with E-state index in [4.69, 9.17) is 0 Å². The molecule has 0 saturated carbocycles. The van der Waals surface area contributed by atoms with Crippen LogP contribution in [0.2, 0.25) is 0 Å². The summed E-state index contributed by atoms with van der Waals surface area (Å²) in [6.45, 7) is 4.01. The number of carbonyl (C=O) groups excluding carboxylic acids is 2. The summed E-state index contributed by atoms with van der Waals surface area (Å²) < 4.78 is 0. The zero-order valence-electron chi connectivity index (χ0n) is 14.2. The highest BCUT2D eigenvalue weighted by atomic mass is 16.1. The molecule has 1 aliphatic rings. The van der Waals surface area contributed by atoms with Crippen LogP contribution in [0.25, 0.3) is 0 Å². The van der Waals surface area contributed by atoms with Gasteiger partial charge >= 0.3 is 0 Å². The van der Waals surface area contributed by atoms with Gasteiger partial charge in [-0.15, -0.1) is 0 Å². The lowest BCUT2D eigenvalue weighted by Gasteiger charge is -2.14. The van der Waals surface area contributed by atoms with Crippen molar-refractivity contribution in [3.63, 3.8) is 0 Å². The highest BCUT2D eigenvalue weighted by Gasteiger charge is 2.27. The predicted molar refractivity (Wildman–Crippen MR) is 96.4 cm³/mol. The fraction of sp³-hybridized carbons (Fsp3) is 0.273. The number of hydrogen-bond acceptors (Lipinski definition) is 2. The molecule has 1 aliphatic carbocycles. The summed E-state index contributed by atoms with van der Waals surface area (Å²) in [7, 11) is 0. The molecule has 2 aromatic carbocycles. The van der Waals surface area contributed by atoms with Gasteiger partial charge in [-0.05, 0) is 38.2 Å². The summed E-state index contributed by atoms with van der Waals surface area (Å²) in [5, 5.41) is 0. The molecular formula is C22H22O2. The van der Waals surface area contributed by atoms with Gasteiger partial charge in [-0.25, -0.2) is 0 Å². The molecule has 0 fully saturated rings. The van der Waals surface area contributed by atoms with Gasteiger partial charge in [0.05, 0.1) is 0 Å². The van der Waals surface area contributed by atoms with E-state index in [1.165, 1.54) is 0 Å². The van der Waals surface area contributed by atoms with E-state index >= 15 is 0 Å². The SMILES string of the molecule is Cc1ccc(C(=O)C[C@H]2CCC=C2C(=O)c2ccc(C)cc2)cc1. The van der Waals surface area contributed by atoms with Gasteiger partial charge in [0.25, 0.3) is 0 Å². The molecule has 2 heteroatoms. The highest BCUT2D eigenvalue weighted by molar-refractivity contribution is 6.10. The van der Waals surface area contributed by atoms with Crippen LogP contribution < -0.4 is 0 Å². The first-order chi connectivity index (χ1) is 11.5. The van der Waals surface area contributed by atoms with E-state index in [0.29, 0.717) is 12.0 Å². The van der Waals surface area contributed by atoms with Crippen LogP contribution >= 0.6 is 0 Å². The van der Waals surface area contributed by atoms with E-state index in [2.05, 4.69) is 0 Å². The van der Waals surface area contributed by atoms with Crippen molar-refractivity contribution >= 4 is 11.6 Å². The summed E-state index contributed by atoms with van der Waals surface area (Å²) in [5.74, 6) is 0.214. The van der Waals surface area contributed by atoms with Crippen molar-refractivity contribution in [2.24, 2.45) is 5.92 Å². The van der Waals surface area contributed by atoms with Crippen molar-refractivity contribution < 1.29 is 9.59 Å². The largest absolute Gasteiger partial charge is 0.294 e. The fourth-order valence-corrected chi connectivity index (χ4v) is 3.20. The maximum atomic E-state index is 12.8. The average Bonchev–Trinajstić information content (AvgIpc) is 3.03. The fourth-order valence-electron chi connectivity index (χ4n) is 3.20. The molecule has 0 heterocycles. The van der Waals surface area contributed by atoms with Crippen molar-refractivity contribution in [3.05, 3.63) is 82.4 Å². The molecule has 3 rings (SSSR count). The van der Waals surface area contributed by atoms with Crippen LogP contribution in [-0.4, -0.2) is 11.6 Å². The Kier molecular flexibility index (Phi) is 4.75. The van der Waals surface area contributed by atoms with Gasteiger partial charge < -0.3 is 0 Å². The number of allylic oxidation sites excluding steroid dienone is 2. The molecule has 0 N–H and O–H groups in total. The van der Waals surface area contributed by atoms with Gasteiger partial charge in [0.15, 0.2) is 11.6 Å². The van der Waals surface area contributed by atoms with E-state index in [-0.39, 0.29) is 17.5 Å². The van der Waals surface area contributed by atoms with Gasteiger partial charge in [-0.1, -0.05) is 65.7 Å². The van der Waals surface area contributed by atoms with Gasteiger partial charge in [0.2, 0.25) is 0 Å². The van der Waals surface area contributed by atoms with Crippen molar-refractivity contribution in [1.29, 1.82) is 0 Å². The Morgan fingerprint density at radius 1 is 0.875 bits per heavy atom. The summed E-state index contributed by atoms with van der Waals surface area (Å²) in [5.41, 5.74) is 4.52. The van der Waals surface area contributed by atoms with Crippen LogP contribution in [0.4, 0.5) is 0 Å². The third kappa shape index (κ3) is 3.53. The number of benzene rings is 2. The Hall–Kier alpha value is -2.48. The third-order valence-corrected chi connectivity index (χ3v) is 4.70. The monoisotopic (exact) mass is 318 g/mol. The zero-order valence-corrected chi connectivity index (χ0v) is 14.2. The summed E-state index contributed by atoms with van der Waals surface area (Å²) in [4.78, 5) is 25.3. The summed E-state index contributed by atoms with van der Waals surface area (Å²) in [6, 6.07) is 15.3. The minimum absolute atomic E-state index is 0.0348. The number of rotatable bonds is 5. The lowest BCUT2D eigenvalue weighted by molar-refractivity contribution is 0.0960. The Morgan fingerprint density at radius 3 is 2.00 bits per heavy atom. The lowest BCUT2D eigenvalue weighted by Crippen LogP contribution is -2.14. The standard InChI is InChI=1S/C22H22O2/c1-15-6-10-17(11-7-15)21(23)14-19-4-3-5-20(19)22(24)18-12-8-16(2)9-13-18/h5-13,19H,3-4,14H2,1-2H3/t19-/m1/s1. The zero-order chi connectivity index (χ0) is 17.1. The number of Topliss-reactive ketones (excluding diaryl/α,β-unsaturated/α-hetero) is 2. The smallest absolute Gasteiger partial charge is 0.188 e. The molecule has 0 aromatic heterocycles. The minimum Gasteiger partial charge on any atom is -0.294 e. The predicted octanol–water partition coefficient (Wildman–Crippen LogP) is 5.10. The van der Waals surface area contributed by atoms with Crippen LogP contribution in [-0.2, 0) is 0 Å². The van der Waals surface area contributed by atoms with E-state index < -0.39 is 0 Å². The Morgan fingerprint density at radius 2 is 1.42 bits per heavy atom. The summed E-state index contributed by atoms with van der Waals surface area (Å²) in [6.07, 6.45) is 4.17. The van der Waals surface area contributed by atoms with Crippen molar-refractivity contribution in [2.45, 2.75) is 33.1 Å². The molecule has 0 radical (unpaired) electrons. The second-order valence-electron chi connectivity index (χ2n) is 6.62. The maximum Gasteiger partial charge on any atom is 0.188 e.